The largest absolute Gasteiger partial charge is 0.373 e. The van der Waals surface area contributed by atoms with Gasteiger partial charge in [0, 0.05) is 18.8 Å². The molecule has 0 spiro atoms. The van der Waals surface area contributed by atoms with Gasteiger partial charge < -0.3 is 10.1 Å². The van der Waals surface area contributed by atoms with Crippen molar-refractivity contribution in [3.63, 3.8) is 0 Å². The van der Waals surface area contributed by atoms with E-state index in [1.807, 2.05) is 13.8 Å². The van der Waals surface area contributed by atoms with Gasteiger partial charge in [0.15, 0.2) is 0 Å². The number of anilines is 1. The molecule has 1 aliphatic heterocycles. The van der Waals surface area contributed by atoms with Gasteiger partial charge in [-0.25, -0.2) is 0 Å². The molecule has 20 heavy (non-hydrogen) atoms. The van der Waals surface area contributed by atoms with E-state index in [0.717, 1.165) is 13.1 Å². The van der Waals surface area contributed by atoms with Gasteiger partial charge in [-0.3, -0.25) is 9.69 Å². The van der Waals surface area contributed by atoms with E-state index in [-0.39, 0.29) is 18.1 Å². The molecular weight excluding hydrogens is 254 g/mol. The summed E-state index contributed by atoms with van der Waals surface area (Å²) in [5, 5.41) is 11.7. The third kappa shape index (κ3) is 4.05. The van der Waals surface area contributed by atoms with E-state index in [9.17, 15) is 4.79 Å². The van der Waals surface area contributed by atoms with Crippen molar-refractivity contribution in [2.75, 3.05) is 25.0 Å². The van der Waals surface area contributed by atoms with Crippen LogP contribution < -0.4 is 5.32 Å². The maximum atomic E-state index is 12.0. The van der Waals surface area contributed by atoms with Crippen LogP contribution in [0.15, 0.2) is 24.3 Å². The first kappa shape index (κ1) is 14.5. The number of nitriles is 1. The van der Waals surface area contributed by atoms with Crippen molar-refractivity contribution in [3.8, 4) is 6.07 Å². The molecule has 1 aromatic rings. The van der Waals surface area contributed by atoms with Crippen LogP contribution in [0, 0.1) is 11.3 Å². The molecule has 0 aliphatic carbocycles. The molecule has 1 saturated heterocycles. The summed E-state index contributed by atoms with van der Waals surface area (Å²) in [6, 6.07) is 8.97. The first-order valence-corrected chi connectivity index (χ1v) is 6.74. The second kappa shape index (κ2) is 6.51. The van der Waals surface area contributed by atoms with Gasteiger partial charge in [-0.15, -0.1) is 0 Å². The highest BCUT2D eigenvalue weighted by Gasteiger charge is 2.23. The molecule has 1 amide bonds. The standard InChI is InChI=1S/C15H19N3O2/c1-11-8-18(9-12(2)20-11)10-15(19)17-14-5-3-4-13(6-14)7-16/h3-6,11-12H,8-10H2,1-2H3,(H,17,19)/t11-,12+. The Morgan fingerprint density at radius 3 is 2.80 bits per heavy atom. The lowest BCUT2D eigenvalue weighted by molar-refractivity contribution is -0.121. The molecular formula is C15H19N3O2. The first-order chi connectivity index (χ1) is 9.56. The van der Waals surface area contributed by atoms with Gasteiger partial charge in [-0.1, -0.05) is 6.07 Å². The molecule has 0 unspecified atom stereocenters. The number of rotatable bonds is 3. The predicted molar refractivity (Wildman–Crippen MR) is 76.2 cm³/mol. The van der Waals surface area contributed by atoms with Gasteiger partial charge in [0.1, 0.15) is 0 Å². The van der Waals surface area contributed by atoms with Crippen LogP contribution in [0.1, 0.15) is 19.4 Å². The predicted octanol–water partition coefficient (Wildman–Crippen LogP) is 1.61. The third-order valence-corrected chi connectivity index (χ3v) is 3.14. The summed E-state index contributed by atoms with van der Waals surface area (Å²) in [5.74, 6) is -0.0682. The van der Waals surface area contributed by atoms with Gasteiger partial charge in [0.2, 0.25) is 5.91 Å². The quantitative estimate of drug-likeness (QED) is 0.908. The SMILES string of the molecule is C[C@@H]1CN(CC(=O)Nc2cccc(C#N)c2)C[C@H](C)O1. The molecule has 0 aromatic heterocycles. The Morgan fingerprint density at radius 1 is 1.45 bits per heavy atom. The maximum absolute atomic E-state index is 12.0. The molecule has 0 saturated carbocycles. The van der Waals surface area contributed by atoms with Crippen LogP contribution in [-0.2, 0) is 9.53 Å². The van der Waals surface area contributed by atoms with E-state index in [1.165, 1.54) is 0 Å². The van der Waals surface area contributed by atoms with Crippen LogP contribution in [0.2, 0.25) is 0 Å². The fourth-order valence-corrected chi connectivity index (χ4v) is 2.48. The topological polar surface area (TPSA) is 65.4 Å². The van der Waals surface area contributed by atoms with E-state index in [2.05, 4.69) is 16.3 Å². The summed E-state index contributed by atoms with van der Waals surface area (Å²) in [5.41, 5.74) is 1.19. The molecule has 1 N–H and O–H groups in total. The number of benzene rings is 1. The number of morpholine rings is 1. The van der Waals surface area contributed by atoms with Gasteiger partial charge in [-0.2, -0.15) is 5.26 Å². The van der Waals surface area contributed by atoms with E-state index in [0.29, 0.717) is 17.8 Å². The van der Waals surface area contributed by atoms with Crippen LogP contribution in [0.5, 0.6) is 0 Å². The summed E-state index contributed by atoms with van der Waals surface area (Å²) in [7, 11) is 0. The molecule has 0 bridgehead atoms. The Morgan fingerprint density at radius 2 is 2.15 bits per heavy atom. The lowest BCUT2D eigenvalue weighted by atomic mass is 10.2. The zero-order chi connectivity index (χ0) is 14.5. The minimum atomic E-state index is -0.0682. The van der Waals surface area contributed by atoms with Crippen molar-refractivity contribution < 1.29 is 9.53 Å². The second-order valence-corrected chi connectivity index (χ2v) is 5.19. The lowest BCUT2D eigenvalue weighted by Gasteiger charge is -2.34. The van der Waals surface area contributed by atoms with E-state index in [1.54, 1.807) is 24.3 Å². The van der Waals surface area contributed by atoms with Crippen molar-refractivity contribution in [1.29, 1.82) is 5.26 Å². The number of hydrogen-bond acceptors (Lipinski definition) is 4. The molecule has 5 heteroatoms. The zero-order valence-electron chi connectivity index (χ0n) is 11.8. The zero-order valence-corrected chi connectivity index (χ0v) is 11.8. The highest BCUT2D eigenvalue weighted by atomic mass is 16.5. The minimum absolute atomic E-state index is 0.0682. The average molecular weight is 273 g/mol. The first-order valence-electron chi connectivity index (χ1n) is 6.74. The van der Waals surface area contributed by atoms with Crippen LogP contribution in [-0.4, -0.2) is 42.6 Å². The number of nitrogens with one attached hydrogen (secondary N) is 1. The lowest BCUT2D eigenvalue weighted by Crippen LogP contribution is -2.48. The Labute approximate surface area is 119 Å². The Kier molecular flexibility index (Phi) is 4.72. The highest BCUT2D eigenvalue weighted by molar-refractivity contribution is 5.92. The molecule has 1 fully saturated rings. The number of carbonyl (C=O) groups excluding carboxylic acids is 1. The maximum Gasteiger partial charge on any atom is 0.238 e. The van der Waals surface area contributed by atoms with Crippen molar-refractivity contribution in [1.82, 2.24) is 4.90 Å². The molecule has 2 rings (SSSR count). The highest BCUT2D eigenvalue weighted by Crippen LogP contribution is 2.12. The van der Waals surface area contributed by atoms with Gasteiger partial charge in [0.05, 0.1) is 30.4 Å². The van der Waals surface area contributed by atoms with Gasteiger partial charge in [-0.05, 0) is 32.0 Å². The number of carbonyl (C=O) groups is 1. The number of hydrogen-bond donors (Lipinski definition) is 1. The van der Waals surface area contributed by atoms with Crippen LogP contribution in [0.3, 0.4) is 0 Å². The van der Waals surface area contributed by atoms with Crippen LogP contribution >= 0.6 is 0 Å². The normalized spacial score (nSPS) is 23.1. The fraction of sp³-hybridized carbons (Fsp3) is 0.467. The van der Waals surface area contributed by atoms with Crippen LogP contribution in [0.4, 0.5) is 5.69 Å². The summed E-state index contributed by atoms with van der Waals surface area (Å²) in [6.45, 7) is 5.88. The van der Waals surface area contributed by atoms with Crippen molar-refractivity contribution in [2.45, 2.75) is 26.1 Å². The fourth-order valence-electron chi connectivity index (χ4n) is 2.48. The summed E-state index contributed by atoms with van der Waals surface area (Å²) in [4.78, 5) is 14.1. The smallest absolute Gasteiger partial charge is 0.238 e. The number of amides is 1. The molecule has 2 atom stereocenters. The summed E-state index contributed by atoms with van der Waals surface area (Å²) < 4.78 is 5.64. The Hall–Kier alpha value is -1.90. The molecule has 1 aromatic carbocycles. The molecule has 1 heterocycles. The van der Waals surface area contributed by atoms with Gasteiger partial charge in [0.25, 0.3) is 0 Å². The second-order valence-electron chi connectivity index (χ2n) is 5.19. The summed E-state index contributed by atoms with van der Waals surface area (Å²) in [6.07, 6.45) is 0.293. The van der Waals surface area contributed by atoms with Crippen molar-refractivity contribution in [2.24, 2.45) is 0 Å². The van der Waals surface area contributed by atoms with Crippen molar-refractivity contribution in [3.05, 3.63) is 29.8 Å². The minimum Gasteiger partial charge on any atom is -0.373 e. The Balaban J connectivity index is 1.90. The third-order valence-electron chi connectivity index (χ3n) is 3.14. The molecule has 1 aliphatic rings. The van der Waals surface area contributed by atoms with Crippen molar-refractivity contribution >= 4 is 11.6 Å². The average Bonchev–Trinajstić information content (AvgIpc) is 2.37. The molecule has 106 valence electrons. The Bertz CT molecular complexity index is 514. The molecule has 0 radical (unpaired) electrons. The van der Waals surface area contributed by atoms with Gasteiger partial charge >= 0.3 is 0 Å². The monoisotopic (exact) mass is 273 g/mol. The summed E-state index contributed by atoms with van der Waals surface area (Å²) >= 11 is 0. The van der Waals surface area contributed by atoms with E-state index in [4.69, 9.17) is 10.00 Å². The van der Waals surface area contributed by atoms with E-state index >= 15 is 0 Å². The number of ether oxygens (including phenoxy) is 1. The molecule has 5 nitrogen and oxygen atoms in total. The van der Waals surface area contributed by atoms with E-state index < -0.39 is 0 Å². The number of nitrogens with zero attached hydrogens (tertiary/aromatic N) is 2. The van der Waals surface area contributed by atoms with Crippen LogP contribution in [0.25, 0.3) is 0 Å².